The largest absolute Gasteiger partial charge is 0.467 e. The van der Waals surface area contributed by atoms with E-state index in [0.717, 1.165) is 0 Å². The summed E-state index contributed by atoms with van der Waals surface area (Å²) >= 11 is 0. The molecule has 6 heteroatoms. The minimum Gasteiger partial charge on any atom is -0.467 e. The summed E-state index contributed by atoms with van der Waals surface area (Å²) in [6.07, 6.45) is -0.592. The molecule has 2 unspecified atom stereocenters. The molecule has 1 fully saturated rings. The van der Waals surface area contributed by atoms with E-state index in [1.807, 2.05) is 18.7 Å². The molecule has 1 N–H and O–H groups in total. The van der Waals surface area contributed by atoms with Gasteiger partial charge >= 0.3 is 5.97 Å². The maximum atomic E-state index is 11.7. The lowest BCUT2D eigenvalue weighted by Gasteiger charge is -2.34. The van der Waals surface area contributed by atoms with Gasteiger partial charge in [0.15, 0.2) is 6.10 Å². The Labute approximate surface area is 101 Å². The van der Waals surface area contributed by atoms with Crippen LogP contribution >= 0.6 is 0 Å². The molecular formula is C11H20N2O4. The highest BCUT2D eigenvalue weighted by molar-refractivity contribution is 5.81. The molecule has 1 heterocycles. The van der Waals surface area contributed by atoms with Gasteiger partial charge in [-0.1, -0.05) is 0 Å². The Morgan fingerprint density at radius 3 is 2.88 bits per heavy atom. The van der Waals surface area contributed by atoms with Crippen LogP contribution in [0.2, 0.25) is 0 Å². The fourth-order valence-corrected chi connectivity index (χ4v) is 1.78. The van der Waals surface area contributed by atoms with Gasteiger partial charge in [-0.25, -0.2) is 4.79 Å². The van der Waals surface area contributed by atoms with Gasteiger partial charge in [-0.05, 0) is 13.8 Å². The number of nitrogens with zero attached hydrogens (tertiary/aromatic N) is 1. The summed E-state index contributed by atoms with van der Waals surface area (Å²) in [5.41, 5.74) is 0. The number of morpholine rings is 1. The van der Waals surface area contributed by atoms with Gasteiger partial charge < -0.3 is 14.8 Å². The molecule has 0 aliphatic carbocycles. The first-order chi connectivity index (χ1) is 8.10. The summed E-state index contributed by atoms with van der Waals surface area (Å²) in [6, 6.07) is -0.258. The van der Waals surface area contributed by atoms with E-state index in [2.05, 4.69) is 10.1 Å². The average Bonchev–Trinajstić information content (AvgIpc) is 2.37. The molecule has 0 aromatic rings. The topological polar surface area (TPSA) is 67.9 Å². The predicted octanol–water partition coefficient (Wildman–Crippen LogP) is -0.615. The molecule has 0 radical (unpaired) electrons. The van der Waals surface area contributed by atoms with Gasteiger partial charge in [0.25, 0.3) is 0 Å². The SMILES string of the molecule is CCNC(=O)C(C)N1CCOC(C(=O)OC)C1. The van der Waals surface area contributed by atoms with Crippen molar-refractivity contribution in [2.75, 3.05) is 33.4 Å². The van der Waals surface area contributed by atoms with E-state index in [4.69, 9.17) is 4.74 Å². The zero-order valence-electron chi connectivity index (χ0n) is 10.6. The quantitative estimate of drug-likeness (QED) is 0.668. The van der Waals surface area contributed by atoms with Crippen molar-refractivity contribution < 1.29 is 19.1 Å². The second-order valence-electron chi connectivity index (χ2n) is 3.95. The van der Waals surface area contributed by atoms with Gasteiger partial charge in [-0.3, -0.25) is 9.69 Å². The molecule has 0 spiro atoms. The first kappa shape index (κ1) is 13.9. The average molecular weight is 244 g/mol. The molecule has 0 saturated carbocycles. The van der Waals surface area contributed by atoms with Gasteiger partial charge in [0.2, 0.25) is 5.91 Å². The summed E-state index contributed by atoms with van der Waals surface area (Å²) < 4.78 is 9.94. The van der Waals surface area contributed by atoms with Crippen LogP contribution in [0.1, 0.15) is 13.8 Å². The summed E-state index contributed by atoms with van der Waals surface area (Å²) in [5, 5.41) is 2.76. The number of ether oxygens (including phenoxy) is 2. The molecule has 1 aliphatic rings. The number of carbonyl (C=O) groups is 2. The highest BCUT2D eigenvalue weighted by Crippen LogP contribution is 2.10. The van der Waals surface area contributed by atoms with E-state index < -0.39 is 12.1 Å². The third kappa shape index (κ3) is 3.67. The van der Waals surface area contributed by atoms with E-state index in [-0.39, 0.29) is 11.9 Å². The predicted molar refractivity (Wildman–Crippen MR) is 61.5 cm³/mol. The monoisotopic (exact) mass is 244 g/mol. The van der Waals surface area contributed by atoms with Crippen molar-refractivity contribution in [1.29, 1.82) is 0 Å². The van der Waals surface area contributed by atoms with E-state index in [0.29, 0.717) is 26.2 Å². The fourth-order valence-electron chi connectivity index (χ4n) is 1.78. The highest BCUT2D eigenvalue weighted by Gasteiger charge is 2.31. The minimum atomic E-state index is -0.592. The summed E-state index contributed by atoms with van der Waals surface area (Å²) in [7, 11) is 1.33. The van der Waals surface area contributed by atoms with Crippen LogP contribution < -0.4 is 5.32 Å². The number of carbonyl (C=O) groups excluding carboxylic acids is 2. The van der Waals surface area contributed by atoms with Crippen LogP contribution in [-0.4, -0.2) is 62.3 Å². The lowest BCUT2D eigenvalue weighted by molar-refractivity contribution is -0.161. The molecule has 1 aliphatic heterocycles. The van der Waals surface area contributed by atoms with Crippen LogP contribution in [0.3, 0.4) is 0 Å². The van der Waals surface area contributed by atoms with E-state index >= 15 is 0 Å². The Morgan fingerprint density at radius 2 is 2.29 bits per heavy atom. The van der Waals surface area contributed by atoms with Crippen molar-refractivity contribution in [1.82, 2.24) is 10.2 Å². The Morgan fingerprint density at radius 1 is 1.59 bits per heavy atom. The normalized spacial score (nSPS) is 22.9. The smallest absolute Gasteiger partial charge is 0.336 e. The summed E-state index contributed by atoms with van der Waals surface area (Å²) in [5.74, 6) is -0.421. The van der Waals surface area contributed by atoms with Gasteiger partial charge in [0, 0.05) is 19.6 Å². The Kier molecular flexibility index (Phi) is 5.37. The van der Waals surface area contributed by atoms with E-state index in [1.54, 1.807) is 0 Å². The van der Waals surface area contributed by atoms with Crippen LogP contribution in [0.4, 0.5) is 0 Å². The maximum Gasteiger partial charge on any atom is 0.336 e. The van der Waals surface area contributed by atoms with Crippen LogP contribution in [0.25, 0.3) is 0 Å². The molecule has 0 aromatic heterocycles. The number of hydrogen-bond donors (Lipinski definition) is 1. The Balaban J connectivity index is 2.54. The molecule has 2 atom stereocenters. The number of likely N-dealkylation sites (N-methyl/N-ethyl adjacent to an activating group) is 1. The molecule has 6 nitrogen and oxygen atoms in total. The van der Waals surface area contributed by atoms with Crippen molar-refractivity contribution in [2.24, 2.45) is 0 Å². The third-order valence-electron chi connectivity index (χ3n) is 2.84. The molecule has 1 rings (SSSR count). The second-order valence-corrected chi connectivity index (χ2v) is 3.95. The molecular weight excluding hydrogens is 224 g/mol. The van der Waals surface area contributed by atoms with Crippen molar-refractivity contribution in [3.63, 3.8) is 0 Å². The van der Waals surface area contributed by atoms with Crippen molar-refractivity contribution in [2.45, 2.75) is 26.0 Å². The molecule has 98 valence electrons. The Bertz CT molecular complexity index is 283. The molecule has 1 amide bonds. The Hall–Kier alpha value is -1.14. The van der Waals surface area contributed by atoms with Crippen molar-refractivity contribution >= 4 is 11.9 Å². The second kappa shape index (κ2) is 6.56. The number of amides is 1. The van der Waals surface area contributed by atoms with Crippen molar-refractivity contribution in [3.05, 3.63) is 0 Å². The van der Waals surface area contributed by atoms with Crippen LogP contribution in [0.5, 0.6) is 0 Å². The molecule has 0 aromatic carbocycles. The zero-order chi connectivity index (χ0) is 12.8. The van der Waals surface area contributed by atoms with Gasteiger partial charge in [0.1, 0.15) is 0 Å². The van der Waals surface area contributed by atoms with E-state index in [9.17, 15) is 9.59 Å². The number of rotatable bonds is 4. The number of esters is 1. The third-order valence-corrected chi connectivity index (χ3v) is 2.84. The number of nitrogens with one attached hydrogen (secondary N) is 1. The van der Waals surface area contributed by atoms with Crippen LogP contribution in [0, 0.1) is 0 Å². The molecule has 1 saturated heterocycles. The lowest BCUT2D eigenvalue weighted by atomic mass is 10.2. The lowest BCUT2D eigenvalue weighted by Crippen LogP contribution is -2.54. The first-order valence-electron chi connectivity index (χ1n) is 5.81. The zero-order valence-corrected chi connectivity index (χ0v) is 10.6. The summed E-state index contributed by atoms with van der Waals surface area (Å²) in [6.45, 7) is 5.78. The maximum absolute atomic E-state index is 11.7. The summed E-state index contributed by atoms with van der Waals surface area (Å²) in [4.78, 5) is 25.0. The van der Waals surface area contributed by atoms with Gasteiger partial charge in [-0.15, -0.1) is 0 Å². The number of methoxy groups -OCH3 is 1. The fraction of sp³-hybridized carbons (Fsp3) is 0.818. The number of hydrogen-bond acceptors (Lipinski definition) is 5. The van der Waals surface area contributed by atoms with Gasteiger partial charge in [-0.2, -0.15) is 0 Å². The highest BCUT2D eigenvalue weighted by atomic mass is 16.6. The minimum absolute atomic E-state index is 0.0296. The van der Waals surface area contributed by atoms with Crippen LogP contribution in [0.15, 0.2) is 0 Å². The molecule has 17 heavy (non-hydrogen) atoms. The first-order valence-corrected chi connectivity index (χ1v) is 5.81. The van der Waals surface area contributed by atoms with Crippen molar-refractivity contribution in [3.8, 4) is 0 Å². The van der Waals surface area contributed by atoms with E-state index in [1.165, 1.54) is 7.11 Å². The standard InChI is InChI=1S/C11H20N2O4/c1-4-12-10(14)8(2)13-5-6-17-9(7-13)11(15)16-3/h8-9H,4-7H2,1-3H3,(H,12,14). The van der Waals surface area contributed by atoms with Crippen LogP contribution in [-0.2, 0) is 19.1 Å². The molecule has 0 bridgehead atoms. The van der Waals surface area contributed by atoms with Gasteiger partial charge in [0.05, 0.1) is 19.8 Å².